The van der Waals surface area contributed by atoms with E-state index in [0.717, 1.165) is 48.6 Å². The van der Waals surface area contributed by atoms with Gasteiger partial charge < -0.3 is 18.9 Å². The predicted octanol–water partition coefficient (Wildman–Crippen LogP) is 4.41. The molecule has 0 spiro atoms. The molecule has 5 rings (SSSR count). The van der Waals surface area contributed by atoms with Crippen LogP contribution in [0.1, 0.15) is 34.7 Å². The Morgan fingerprint density at radius 2 is 1.80 bits per heavy atom. The standard InChI is InChI=1S/C22H22F3NO4/c1-27-18-9-15-11-26-4-2-13-7-20-21(30-12-29-20)10-16(13)17(26)6-14(15)8-19(18)28-5-3-22(23,24)25/h7-10,17H,2-6,11-12H2,1H3. The van der Waals surface area contributed by atoms with Crippen molar-refractivity contribution in [3.8, 4) is 23.0 Å². The number of rotatable bonds is 4. The molecule has 2 aromatic carbocycles. The highest BCUT2D eigenvalue weighted by atomic mass is 19.4. The first-order valence-electron chi connectivity index (χ1n) is 9.97. The summed E-state index contributed by atoms with van der Waals surface area (Å²) in [6.45, 7) is 1.50. The van der Waals surface area contributed by atoms with Crippen molar-refractivity contribution in [2.75, 3.05) is 27.1 Å². The second-order valence-electron chi connectivity index (χ2n) is 7.83. The zero-order valence-corrected chi connectivity index (χ0v) is 16.6. The number of ether oxygens (including phenoxy) is 4. The van der Waals surface area contributed by atoms with Crippen molar-refractivity contribution in [1.82, 2.24) is 4.90 Å². The maximum Gasteiger partial charge on any atom is 0.392 e. The number of benzene rings is 2. The highest BCUT2D eigenvalue weighted by Crippen LogP contribution is 2.45. The van der Waals surface area contributed by atoms with E-state index in [9.17, 15) is 13.2 Å². The molecule has 0 aromatic heterocycles. The van der Waals surface area contributed by atoms with Crippen LogP contribution in [0.5, 0.6) is 23.0 Å². The first-order valence-corrected chi connectivity index (χ1v) is 9.97. The Bertz CT molecular complexity index is 976. The van der Waals surface area contributed by atoms with Crippen molar-refractivity contribution in [2.24, 2.45) is 0 Å². The smallest absolute Gasteiger partial charge is 0.392 e. The van der Waals surface area contributed by atoms with Gasteiger partial charge in [0.25, 0.3) is 0 Å². The molecule has 0 saturated carbocycles. The quantitative estimate of drug-likeness (QED) is 0.732. The van der Waals surface area contributed by atoms with E-state index in [0.29, 0.717) is 11.5 Å². The summed E-state index contributed by atoms with van der Waals surface area (Å²) in [5, 5.41) is 0. The molecule has 0 amide bonds. The van der Waals surface area contributed by atoms with Crippen LogP contribution in [0.25, 0.3) is 0 Å². The number of hydrogen-bond donors (Lipinski definition) is 0. The van der Waals surface area contributed by atoms with Gasteiger partial charge in [0.15, 0.2) is 23.0 Å². The lowest BCUT2D eigenvalue weighted by molar-refractivity contribution is -0.139. The average Bonchev–Trinajstić information content (AvgIpc) is 3.17. The van der Waals surface area contributed by atoms with E-state index < -0.39 is 19.2 Å². The van der Waals surface area contributed by atoms with E-state index in [-0.39, 0.29) is 12.8 Å². The third-order valence-corrected chi connectivity index (χ3v) is 6.02. The van der Waals surface area contributed by atoms with Crippen LogP contribution in [0, 0.1) is 0 Å². The van der Waals surface area contributed by atoms with E-state index in [2.05, 4.69) is 17.0 Å². The van der Waals surface area contributed by atoms with Gasteiger partial charge in [0.1, 0.15) is 0 Å². The van der Waals surface area contributed by atoms with Crippen LogP contribution in [0.15, 0.2) is 24.3 Å². The molecule has 30 heavy (non-hydrogen) atoms. The molecule has 0 N–H and O–H groups in total. The Morgan fingerprint density at radius 1 is 1.03 bits per heavy atom. The monoisotopic (exact) mass is 421 g/mol. The summed E-state index contributed by atoms with van der Waals surface area (Å²) < 4.78 is 59.4. The molecule has 1 unspecified atom stereocenters. The minimum atomic E-state index is -4.25. The fraction of sp³-hybridized carbons (Fsp3) is 0.455. The zero-order valence-electron chi connectivity index (χ0n) is 16.6. The maximum atomic E-state index is 12.5. The Balaban J connectivity index is 1.43. The van der Waals surface area contributed by atoms with Crippen molar-refractivity contribution in [1.29, 1.82) is 0 Å². The van der Waals surface area contributed by atoms with Gasteiger partial charge in [0, 0.05) is 19.1 Å². The van der Waals surface area contributed by atoms with Gasteiger partial charge in [0.05, 0.1) is 20.1 Å². The van der Waals surface area contributed by atoms with Gasteiger partial charge in [0.2, 0.25) is 6.79 Å². The number of halogens is 3. The van der Waals surface area contributed by atoms with Gasteiger partial charge in [-0.15, -0.1) is 0 Å². The average molecular weight is 421 g/mol. The number of fused-ring (bicyclic) bond motifs is 5. The predicted molar refractivity (Wildman–Crippen MR) is 102 cm³/mol. The minimum absolute atomic E-state index is 0.187. The van der Waals surface area contributed by atoms with E-state index in [1.165, 1.54) is 18.2 Å². The van der Waals surface area contributed by atoms with Gasteiger partial charge in [-0.05, 0) is 59.4 Å². The Labute approximate surface area is 172 Å². The number of methoxy groups -OCH3 is 1. The second kappa shape index (κ2) is 7.27. The third kappa shape index (κ3) is 3.53. The van der Waals surface area contributed by atoms with Crippen molar-refractivity contribution >= 4 is 0 Å². The fourth-order valence-electron chi connectivity index (χ4n) is 4.53. The Morgan fingerprint density at radius 3 is 2.57 bits per heavy atom. The molecule has 0 bridgehead atoms. The van der Waals surface area contributed by atoms with Crippen LogP contribution in [-0.4, -0.2) is 38.1 Å². The molecule has 160 valence electrons. The molecule has 0 radical (unpaired) electrons. The first kappa shape index (κ1) is 19.4. The Hall–Kier alpha value is -2.61. The normalized spacial score (nSPS) is 19.7. The summed E-state index contributed by atoms with van der Waals surface area (Å²) >= 11 is 0. The molecule has 0 fully saturated rings. The summed E-state index contributed by atoms with van der Waals surface area (Å²) in [7, 11) is 1.50. The summed E-state index contributed by atoms with van der Waals surface area (Å²) in [6, 6.07) is 8.06. The van der Waals surface area contributed by atoms with Gasteiger partial charge in [-0.25, -0.2) is 0 Å². The molecule has 3 heterocycles. The van der Waals surface area contributed by atoms with Crippen LogP contribution in [0.2, 0.25) is 0 Å². The van der Waals surface area contributed by atoms with Crippen LogP contribution >= 0.6 is 0 Å². The van der Waals surface area contributed by atoms with Crippen LogP contribution in [0.4, 0.5) is 13.2 Å². The summed E-state index contributed by atoms with van der Waals surface area (Å²) in [6.07, 6.45) is -3.56. The summed E-state index contributed by atoms with van der Waals surface area (Å²) in [5.41, 5.74) is 4.69. The molecule has 3 aliphatic rings. The maximum absolute atomic E-state index is 12.5. The minimum Gasteiger partial charge on any atom is -0.493 e. The van der Waals surface area contributed by atoms with E-state index >= 15 is 0 Å². The highest BCUT2D eigenvalue weighted by Gasteiger charge is 2.34. The van der Waals surface area contributed by atoms with Crippen LogP contribution < -0.4 is 18.9 Å². The molecule has 2 aromatic rings. The van der Waals surface area contributed by atoms with Crippen LogP contribution in [0.3, 0.4) is 0 Å². The molecule has 1 atom stereocenters. The lowest BCUT2D eigenvalue weighted by Crippen LogP contribution is -2.39. The number of hydrogen-bond acceptors (Lipinski definition) is 5. The van der Waals surface area contributed by atoms with Crippen molar-refractivity contribution in [2.45, 2.75) is 38.0 Å². The largest absolute Gasteiger partial charge is 0.493 e. The van der Waals surface area contributed by atoms with Gasteiger partial charge in [-0.2, -0.15) is 13.2 Å². The van der Waals surface area contributed by atoms with Crippen molar-refractivity contribution < 1.29 is 32.1 Å². The van der Waals surface area contributed by atoms with E-state index in [1.54, 1.807) is 0 Å². The van der Waals surface area contributed by atoms with Gasteiger partial charge in [-0.1, -0.05) is 0 Å². The fourth-order valence-corrected chi connectivity index (χ4v) is 4.53. The summed E-state index contributed by atoms with van der Waals surface area (Å²) in [5.74, 6) is 2.39. The number of alkyl halides is 3. The van der Waals surface area contributed by atoms with Crippen molar-refractivity contribution in [3.05, 3.63) is 46.5 Å². The van der Waals surface area contributed by atoms with Crippen molar-refractivity contribution in [3.63, 3.8) is 0 Å². The van der Waals surface area contributed by atoms with Crippen LogP contribution in [-0.2, 0) is 19.4 Å². The summed E-state index contributed by atoms with van der Waals surface area (Å²) in [4.78, 5) is 2.43. The third-order valence-electron chi connectivity index (χ3n) is 6.02. The van der Waals surface area contributed by atoms with Gasteiger partial charge >= 0.3 is 6.18 Å². The zero-order chi connectivity index (χ0) is 20.9. The van der Waals surface area contributed by atoms with E-state index in [4.69, 9.17) is 18.9 Å². The molecule has 3 aliphatic heterocycles. The molecular formula is C22H22F3NO4. The second-order valence-corrected chi connectivity index (χ2v) is 7.83. The van der Waals surface area contributed by atoms with E-state index in [1.807, 2.05) is 12.1 Å². The molecule has 0 saturated heterocycles. The Kier molecular flexibility index (Phi) is 4.69. The molecule has 5 nitrogen and oxygen atoms in total. The molecular weight excluding hydrogens is 399 g/mol. The topological polar surface area (TPSA) is 40.2 Å². The lowest BCUT2D eigenvalue weighted by atomic mass is 9.83. The molecule has 8 heteroatoms. The first-order chi connectivity index (χ1) is 14.4. The highest BCUT2D eigenvalue weighted by molar-refractivity contribution is 5.53. The molecule has 0 aliphatic carbocycles. The number of nitrogens with zero attached hydrogens (tertiary/aromatic N) is 1. The lowest BCUT2D eigenvalue weighted by Gasteiger charge is -2.41. The SMILES string of the molecule is COc1cc2c(cc1OCCC(F)(F)F)CC1c3cc4c(cc3CCN1C2)OCO4. The van der Waals surface area contributed by atoms with Gasteiger partial charge in [-0.3, -0.25) is 4.90 Å².